The predicted molar refractivity (Wildman–Crippen MR) is 75.5 cm³/mol. The van der Waals surface area contributed by atoms with Gasteiger partial charge in [-0.15, -0.1) is 0 Å². The van der Waals surface area contributed by atoms with E-state index in [2.05, 4.69) is 46.5 Å². The molecule has 0 aliphatic rings. The highest BCUT2D eigenvalue weighted by molar-refractivity contribution is 5.86. The Morgan fingerprint density at radius 1 is 0.944 bits per heavy atom. The highest BCUT2D eigenvalue weighted by Crippen LogP contribution is 2.23. The minimum Gasteiger partial charge on any atom is -0.361 e. The summed E-state index contributed by atoms with van der Waals surface area (Å²) in [5.41, 5.74) is 4.56. The largest absolute Gasteiger partial charge is 0.361 e. The Balaban J connectivity index is 2.02. The van der Waals surface area contributed by atoms with Crippen LogP contribution < -0.4 is 5.84 Å². The number of hydrogen-bond acceptors (Lipinski definition) is 2. The van der Waals surface area contributed by atoms with Gasteiger partial charge < -0.3 is 10.8 Å². The van der Waals surface area contributed by atoms with Crippen LogP contribution in [0.5, 0.6) is 0 Å². The molecule has 0 spiro atoms. The van der Waals surface area contributed by atoms with Gasteiger partial charge in [0.1, 0.15) is 0 Å². The summed E-state index contributed by atoms with van der Waals surface area (Å²) < 4.78 is 0. The first-order chi connectivity index (χ1) is 8.86. The molecule has 3 aromatic rings. The third-order valence-electron chi connectivity index (χ3n) is 3.02. The van der Waals surface area contributed by atoms with E-state index < -0.39 is 0 Å². The average molecular weight is 235 g/mol. The minimum atomic E-state index is 1.00. The summed E-state index contributed by atoms with van der Waals surface area (Å²) in [5.74, 6) is 5.13. The SMILES string of the molecule is NN=Cc1ccc(-c2ccc3[nH]ccc3c2)cc1. The fourth-order valence-corrected chi connectivity index (χ4v) is 2.08. The summed E-state index contributed by atoms with van der Waals surface area (Å²) in [7, 11) is 0. The van der Waals surface area contributed by atoms with Gasteiger partial charge in [-0.1, -0.05) is 30.3 Å². The van der Waals surface area contributed by atoms with E-state index >= 15 is 0 Å². The fourth-order valence-electron chi connectivity index (χ4n) is 2.08. The van der Waals surface area contributed by atoms with Crippen molar-refractivity contribution in [3.8, 4) is 11.1 Å². The molecule has 0 amide bonds. The number of aromatic amines is 1. The van der Waals surface area contributed by atoms with E-state index in [4.69, 9.17) is 5.84 Å². The van der Waals surface area contributed by atoms with Crippen LogP contribution in [0, 0.1) is 0 Å². The second-order valence-corrected chi connectivity index (χ2v) is 4.18. The molecule has 88 valence electrons. The molecule has 0 fully saturated rings. The number of nitrogens with two attached hydrogens (primary N) is 1. The van der Waals surface area contributed by atoms with Crippen LogP contribution in [0.25, 0.3) is 22.0 Å². The van der Waals surface area contributed by atoms with Gasteiger partial charge in [-0.2, -0.15) is 5.10 Å². The van der Waals surface area contributed by atoms with Crippen LogP contribution in [0.15, 0.2) is 59.8 Å². The molecule has 0 bridgehead atoms. The van der Waals surface area contributed by atoms with E-state index in [1.807, 2.05) is 18.3 Å². The van der Waals surface area contributed by atoms with Crippen LogP contribution in [0.4, 0.5) is 0 Å². The van der Waals surface area contributed by atoms with Crippen molar-refractivity contribution in [2.45, 2.75) is 0 Å². The molecule has 2 aromatic carbocycles. The van der Waals surface area contributed by atoms with E-state index in [1.165, 1.54) is 16.5 Å². The van der Waals surface area contributed by atoms with E-state index in [0.29, 0.717) is 0 Å². The molecular weight excluding hydrogens is 222 g/mol. The molecule has 0 atom stereocenters. The lowest BCUT2D eigenvalue weighted by Gasteiger charge is -2.02. The number of hydrogen-bond donors (Lipinski definition) is 2. The zero-order chi connectivity index (χ0) is 12.4. The maximum Gasteiger partial charge on any atom is 0.0538 e. The number of nitrogens with one attached hydrogen (secondary N) is 1. The van der Waals surface area contributed by atoms with Crippen molar-refractivity contribution in [3.05, 3.63) is 60.3 Å². The second kappa shape index (κ2) is 4.37. The Kier molecular flexibility index (Phi) is 2.57. The second-order valence-electron chi connectivity index (χ2n) is 4.18. The lowest BCUT2D eigenvalue weighted by Crippen LogP contribution is -1.86. The molecule has 0 saturated carbocycles. The molecule has 18 heavy (non-hydrogen) atoms. The lowest BCUT2D eigenvalue weighted by molar-refractivity contribution is 1.26. The van der Waals surface area contributed by atoms with E-state index in [0.717, 1.165) is 11.1 Å². The van der Waals surface area contributed by atoms with Crippen LogP contribution >= 0.6 is 0 Å². The van der Waals surface area contributed by atoms with Gasteiger partial charge in [0, 0.05) is 11.7 Å². The molecule has 0 radical (unpaired) electrons. The Hall–Kier alpha value is -2.55. The van der Waals surface area contributed by atoms with Crippen molar-refractivity contribution in [2.75, 3.05) is 0 Å². The highest BCUT2D eigenvalue weighted by Gasteiger charge is 2.00. The van der Waals surface area contributed by atoms with E-state index in [1.54, 1.807) is 6.21 Å². The van der Waals surface area contributed by atoms with Crippen molar-refractivity contribution in [3.63, 3.8) is 0 Å². The zero-order valence-corrected chi connectivity index (χ0v) is 9.80. The Morgan fingerprint density at radius 2 is 1.72 bits per heavy atom. The fraction of sp³-hybridized carbons (Fsp3) is 0. The van der Waals surface area contributed by atoms with Crippen LogP contribution in [0.2, 0.25) is 0 Å². The first-order valence-electron chi connectivity index (χ1n) is 5.78. The zero-order valence-electron chi connectivity index (χ0n) is 9.80. The number of nitrogens with zero attached hydrogens (tertiary/aromatic N) is 1. The van der Waals surface area contributed by atoms with Crippen molar-refractivity contribution >= 4 is 17.1 Å². The van der Waals surface area contributed by atoms with Gasteiger partial charge in [0.2, 0.25) is 0 Å². The molecule has 3 rings (SSSR count). The first-order valence-corrected chi connectivity index (χ1v) is 5.78. The standard InChI is InChI=1S/C15H13N3/c16-18-10-11-1-3-12(4-2-11)13-5-6-15-14(9-13)7-8-17-15/h1-10,17H,16H2. The quantitative estimate of drug-likeness (QED) is 0.400. The van der Waals surface area contributed by atoms with Gasteiger partial charge in [-0.3, -0.25) is 0 Å². The molecule has 3 N–H and O–H groups in total. The summed E-state index contributed by atoms with van der Waals surface area (Å²) in [4.78, 5) is 3.19. The van der Waals surface area contributed by atoms with Gasteiger partial charge in [-0.05, 0) is 40.3 Å². The van der Waals surface area contributed by atoms with Crippen LogP contribution in [-0.4, -0.2) is 11.2 Å². The van der Waals surface area contributed by atoms with Gasteiger partial charge in [0.25, 0.3) is 0 Å². The summed E-state index contributed by atoms with van der Waals surface area (Å²) in [6.07, 6.45) is 3.59. The number of hydrazone groups is 1. The lowest BCUT2D eigenvalue weighted by atomic mass is 10.0. The van der Waals surface area contributed by atoms with Crippen molar-refractivity contribution in [1.82, 2.24) is 4.98 Å². The molecule has 1 heterocycles. The summed E-state index contributed by atoms with van der Waals surface area (Å²) >= 11 is 0. The van der Waals surface area contributed by atoms with Crippen molar-refractivity contribution < 1.29 is 0 Å². The third kappa shape index (κ3) is 1.86. The third-order valence-corrected chi connectivity index (χ3v) is 3.02. The predicted octanol–water partition coefficient (Wildman–Crippen LogP) is 3.13. The van der Waals surface area contributed by atoms with Crippen LogP contribution in [0.3, 0.4) is 0 Å². The molecular formula is C15H13N3. The van der Waals surface area contributed by atoms with Gasteiger partial charge in [0.05, 0.1) is 6.21 Å². The molecule has 1 aromatic heterocycles. The monoisotopic (exact) mass is 235 g/mol. The Morgan fingerprint density at radius 3 is 2.50 bits per heavy atom. The average Bonchev–Trinajstić information content (AvgIpc) is 2.87. The molecule has 0 unspecified atom stereocenters. The normalized spacial score (nSPS) is 11.3. The number of benzene rings is 2. The molecule has 0 saturated heterocycles. The molecule has 3 heteroatoms. The number of H-pyrrole nitrogens is 1. The minimum absolute atomic E-state index is 1.00. The van der Waals surface area contributed by atoms with Gasteiger partial charge in [0.15, 0.2) is 0 Å². The Bertz CT molecular complexity index is 693. The summed E-state index contributed by atoms with van der Waals surface area (Å²) in [5, 5.41) is 4.74. The van der Waals surface area contributed by atoms with E-state index in [9.17, 15) is 0 Å². The molecule has 3 nitrogen and oxygen atoms in total. The molecule has 0 aliphatic carbocycles. The maximum absolute atomic E-state index is 5.13. The maximum atomic E-state index is 5.13. The summed E-state index contributed by atoms with van der Waals surface area (Å²) in [6.45, 7) is 0. The van der Waals surface area contributed by atoms with Crippen LogP contribution in [0.1, 0.15) is 5.56 Å². The molecule has 0 aliphatic heterocycles. The smallest absolute Gasteiger partial charge is 0.0538 e. The van der Waals surface area contributed by atoms with Crippen LogP contribution in [-0.2, 0) is 0 Å². The van der Waals surface area contributed by atoms with Crippen molar-refractivity contribution in [1.29, 1.82) is 0 Å². The summed E-state index contributed by atoms with van der Waals surface area (Å²) in [6, 6.07) is 16.6. The van der Waals surface area contributed by atoms with Gasteiger partial charge >= 0.3 is 0 Å². The first kappa shape index (κ1) is 10.6. The Labute approximate surface area is 105 Å². The number of fused-ring (bicyclic) bond motifs is 1. The number of aromatic nitrogens is 1. The van der Waals surface area contributed by atoms with Gasteiger partial charge in [-0.25, -0.2) is 0 Å². The van der Waals surface area contributed by atoms with Crippen molar-refractivity contribution in [2.24, 2.45) is 10.9 Å². The number of rotatable bonds is 2. The topological polar surface area (TPSA) is 54.2 Å². The highest BCUT2D eigenvalue weighted by atomic mass is 15.1. The van der Waals surface area contributed by atoms with E-state index in [-0.39, 0.29) is 0 Å².